The van der Waals surface area contributed by atoms with Gasteiger partial charge in [-0.05, 0) is 31.0 Å². The molecule has 0 fully saturated rings. The van der Waals surface area contributed by atoms with Crippen LogP contribution in [-0.4, -0.2) is 14.5 Å². The molecule has 0 aliphatic carbocycles. The van der Waals surface area contributed by atoms with Crippen LogP contribution in [-0.2, 0) is 13.0 Å². The molecule has 3 aromatic rings. The van der Waals surface area contributed by atoms with Crippen molar-refractivity contribution in [3.8, 4) is 11.3 Å². The van der Waals surface area contributed by atoms with Crippen LogP contribution in [0.25, 0.3) is 11.3 Å². The summed E-state index contributed by atoms with van der Waals surface area (Å²) in [5.41, 5.74) is 10.5. The zero-order valence-electron chi connectivity index (χ0n) is 12.0. The fourth-order valence-electron chi connectivity index (χ4n) is 2.47. The maximum absolute atomic E-state index is 5.96. The number of anilines is 1. The molecular weight excluding hydrogens is 260 g/mol. The van der Waals surface area contributed by atoms with Crippen molar-refractivity contribution in [2.45, 2.75) is 19.9 Å². The van der Waals surface area contributed by atoms with Gasteiger partial charge in [-0.1, -0.05) is 29.8 Å². The molecule has 2 heterocycles. The molecule has 2 aromatic heterocycles. The minimum Gasteiger partial charge on any atom is -0.383 e. The van der Waals surface area contributed by atoms with E-state index in [1.807, 2.05) is 24.7 Å². The van der Waals surface area contributed by atoms with Gasteiger partial charge in [-0.15, -0.1) is 0 Å². The normalized spacial score (nSPS) is 10.7. The third kappa shape index (κ3) is 2.94. The quantitative estimate of drug-likeness (QED) is 0.798. The van der Waals surface area contributed by atoms with Crippen molar-refractivity contribution in [1.82, 2.24) is 14.5 Å². The van der Waals surface area contributed by atoms with Gasteiger partial charge >= 0.3 is 0 Å². The highest BCUT2D eigenvalue weighted by Gasteiger charge is 2.08. The summed E-state index contributed by atoms with van der Waals surface area (Å²) in [7, 11) is 0. The van der Waals surface area contributed by atoms with Crippen LogP contribution in [0.2, 0.25) is 0 Å². The van der Waals surface area contributed by atoms with Gasteiger partial charge in [0.05, 0.1) is 18.2 Å². The van der Waals surface area contributed by atoms with Gasteiger partial charge in [0.15, 0.2) is 0 Å². The van der Waals surface area contributed by atoms with Crippen LogP contribution in [0.5, 0.6) is 0 Å². The topological polar surface area (TPSA) is 56.7 Å². The minimum atomic E-state index is 0.537. The molecule has 3 rings (SSSR count). The third-order valence-electron chi connectivity index (χ3n) is 3.55. The van der Waals surface area contributed by atoms with Crippen molar-refractivity contribution in [3.63, 3.8) is 0 Å². The van der Waals surface area contributed by atoms with E-state index in [0.29, 0.717) is 5.82 Å². The standard InChI is InChI=1S/C17H18N4/c1-13-4-2-5-14(10-13)7-9-21-12-19-11-16(21)15-6-3-8-20-17(15)18/h2-6,8,10-12H,7,9H2,1H3,(H2,18,20). The molecule has 0 aliphatic rings. The summed E-state index contributed by atoms with van der Waals surface area (Å²) in [5.74, 6) is 0.537. The monoisotopic (exact) mass is 278 g/mol. The fourth-order valence-corrected chi connectivity index (χ4v) is 2.47. The Morgan fingerprint density at radius 1 is 1.19 bits per heavy atom. The van der Waals surface area contributed by atoms with Crippen LogP contribution < -0.4 is 5.73 Å². The fraction of sp³-hybridized carbons (Fsp3) is 0.176. The highest BCUT2D eigenvalue weighted by molar-refractivity contribution is 5.70. The summed E-state index contributed by atoms with van der Waals surface area (Å²) >= 11 is 0. The van der Waals surface area contributed by atoms with Crippen molar-refractivity contribution in [2.75, 3.05) is 5.73 Å². The van der Waals surface area contributed by atoms with E-state index in [1.54, 1.807) is 6.20 Å². The van der Waals surface area contributed by atoms with Crippen LogP contribution in [0.15, 0.2) is 55.1 Å². The lowest BCUT2D eigenvalue weighted by atomic mass is 10.1. The summed E-state index contributed by atoms with van der Waals surface area (Å²) in [6, 6.07) is 12.4. The number of aryl methyl sites for hydroxylation is 3. The summed E-state index contributed by atoms with van der Waals surface area (Å²) in [5, 5.41) is 0. The molecule has 0 saturated heterocycles. The predicted molar refractivity (Wildman–Crippen MR) is 84.8 cm³/mol. The lowest BCUT2D eigenvalue weighted by Gasteiger charge is -2.10. The van der Waals surface area contributed by atoms with Crippen LogP contribution in [0.4, 0.5) is 5.82 Å². The highest BCUT2D eigenvalue weighted by Crippen LogP contribution is 2.23. The number of benzene rings is 1. The molecule has 2 N–H and O–H groups in total. The van der Waals surface area contributed by atoms with Gasteiger partial charge in [0.2, 0.25) is 0 Å². The SMILES string of the molecule is Cc1cccc(CCn2cncc2-c2cccnc2N)c1. The second kappa shape index (κ2) is 5.79. The number of rotatable bonds is 4. The van der Waals surface area contributed by atoms with E-state index in [4.69, 9.17) is 5.73 Å². The summed E-state index contributed by atoms with van der Waals surface area (Å²) < 4.78 is 2.12. The molecule has 0 radical (unpaired) electrons. The second-order valence-electron chi connectivity index (χ2n) is 5.15. The zero-order valence-corrected chi connectivity index (χ0v) is 12.0. The van der Waals surface area contributed by atoms with E-state index in [2.05, 4.69) is 45.7 Å². The summed E-state index contributed by atoms with van der Waals surface area (Å²) in [6.45, 7) is 2.98. The smallest absolute Gasteiger partial charge is 0.132 e. The number of nitrogens with zero attached hydrogens (tertiary/aromatic N) is 3. The van der Waals surface area contributed by atoms with E-state index >= 15 is 0 Å². The first-order valence-corrected chi connectivity index (χ1v) is 7.00. The number of hydrogen-bond donors (Lipinski definition) is 1. The van der Waals surface area contributed by atoms with Gasteiger partial charge in [0.25, 0.3) is 0 Å². The zero-order chi connectivity index (χ0) is 14.7. The Bertz CT molecular complexity index is 746. The molecule has 0 atom stereocenters. The van der Waals surface area contributed by atoms with Gasteiger partial charge in [-0.3, -0.25) is 0 Å². The lowest BCUT2D eigenvalue weighted by molar-refractivity contribution is 0.701. The number of nitrogen functional groups attached to an aromatic ring is 1. The molecule has 0 amide bonds. The lowest BCUT2D eigenvalue weighted by Crippen LogP contribution is -2.04. The molecule has 0 spiro atoms. The average molecular weight is 278 g/mol. The van der Waals surface area contributed by atoms with Gasteiger partial charge in [0.1, 0.15) is 5.82 Å². The van der Waals surface area contributed by atoms with E-state index in [-0.39, 0.29) is 0 Å². The first-order chi connectivity index (χ1) is 10.2. The van der Waals surface area contributed by atoms with Crippen LogP contribution >= 0.6 is 0 Å². The predicted octanol–water partition coefficient (Wildman–Crippen LogP) is 3.08. The molecular formula is C17H18N4. The van der Waals surface area contributed by atoms with Gasteiger partial charge in [-0.25, -0.2) is 9.97 Å². The first-order valence-electron chi connectivity index (χ1n) is 7.00. The number of pyridine rings is 1. The molecule has 106 valence electrons. The Labute approximate surface area is 124 Å². The number of aromatic nitrogens is 3. The van der Waals surface area contributed by atoms with Crippen LogP contribution in [0, 0.1) is 6.92 Å². The van der Waals surface area contributed by atoms with Gasteiger partial charge < -0.3 is 10.3 Å². The van der Waals surface area contributed by atoms with Crippen molar-refractivity contribution in [2.24, 2.45) is 0 Å². The largest absolute Gasteiger partial charge is 0.383 e. The average Bonchev–Trinajstić information content (AvgIpc) is 2.94. The van der Waals surface area contributed by atoms with Gasteiger partial charge in [-0.2, -0.15) is 0 Å². The molecule has 0 aliphatic heterocycles. The van der Waals surface area contributed by atoms with E-state index < -0.39 is 0 Å². The minimum absolute atomic E-state index is 0.537. The maximum Gasteiger partial charge on any atom is 0.132 e. The second-order valence-corrected chi connectivity index (χ2v) is 5.15. The Hall–Kier alpha value is -2.62. The number of nitrogens with two attached hydrogens (primary N) is 1. The van der Waals surface area contributed by atoms with E-state index in [9.17, 15) is 0 Å². The Morgan fingerprint density at radius 3 is 2.90 bits per heavy atom. The molecule has 4 nitrogen and oxygen atoms in total. The van der Waals surface area contributed by atoms with Crippen LogP contribution in [0.3, 0.4) is 0 Å². The Kier molecular flexibility index (Phi) is 3.69. The van der Waals surface area contributed by atoms with E-state index in [1.165, 1.54) is 11.1 Å². The van der Waals surface area contributed by atoms with Crippen molar-refractivity contribution < 1.29 is 0 Å². The van der Waals surface area contributed by atoms with E-state index in [0.717, 1.165) is 24.2 Å². The number of imidazole rings is 1. The number of hydrogen-bond acceptors (Lipinski definition) is 3. The molecule has 0 bridgehead atoms. The molecule has 21 heavy (non-hydrogen) atoms. The Morgan fingerprint density at radius 2 is 2.10 bits per heavy atom. The van der Waals surface area contributed by atoms with Crippen molar-refractivity contribution in [1.29, 1.82) is 0 Å². The molecule has 0 saturated carbocycles. The Balaban J connectivity index is 1.82. The molecule has 1 aromatic carbocycles. The van der Waals surface area contributed by atoms with Crippen LogP contribution in [0.1, 0.15) is 11.1 Å². The maximum atomic E-state index is 5.96. The third-order valence-corrected chi connectivity index (χ3v) is 3.55. The highest BCUT2D eigenvalue weighted by atomic mass is 15.0. The van der Waals surface area contributed by atoms with Crippen molar-refractivity contribution >= 4 is 5.82 Å². The molecule has 4 heteroatoms. The molecule has 0 unspecified atom stereocenters. The summed E-state index contributed by atoms with van der Waals surface area (Å²) in [6.07, 6.45) is 6.35. The first kappa shape index (κ1) is 13.4. The van der Waals surface area contributed by atoms with Crippen molar-refractivity contribution in [3.05, 3.63) is 66.2 Å². The van der Waals surface area contributed by atoms with Gasteiger partial charge in [0, 0.05) is 18.3 Å². The summed E-state index contributed by atoms with van der Waals surface area (Å²) in [4.78, 5) is 8.39.